The van der Waals surface area contributed by atoms with Gasteiger partial charge in [-0.05, 0) is 24.1 Å². The molecular weight excluding hydrogens is 212 g/mol. The number of aromatic nitrogens is 1. The van der Waals surface area contributed by atoms with Crippen molar-refractivity contribution >= 4 is 10.9 Å². The van der Waals surface area contributed by atoms with Crippen molar-refractivity contribution in [3.8, 4) is 0 Å². The van der Waals surface area contributed by atoms with Gasteiger partial charge >= 0.3 is 0 Å². The third kappa shape index (κ3) is 2.04. The summed E-state index contributed by atoms with van der Waals surface area (Å²) < 4.78 is 5.41. The summed E-state index contributed by atoms with van der Waals surface area (Å²) in [7, 11) is 0. The van der Waals surface area contributed by atoms with E-state index in [1.807, 2.05) is 18.3 Å². The maximum atomic E-state index is 6.03. The van der Waals surface area contributed by atoms with Crippen LogP contribution < -0.4 is 5.73 Å². The molecule has 0 spiro atoms. The highest BCUT2D eigenvalue weighted by Crippen LogP contribution is 2.23. The second-order valence-electron chi connectivity index (χ2n) is 4.65. The summed E-state index contributed by atoms with van der Waals surface area (Å²) in [5.41, 5.74) is 8.40. The number of nitrogens with zero attached hydrogens (tertiary/aromatic N) is 1. The highest BCUT2D eigenvalue weighted by Gasteiger charge is 2.25. The van der Waals surface area contributed by atoms with Crippen LogP contribution in [0, 0.1) is 5.92 Å². The summed E-state index contributed by atoms with van der Waals surface area (Å²) in [5.74, 6) is 0.431. The number of nitrogens with two attached hydrogens (primary N) is 1. The lowest BCUT2D eigenvalue weighted by atomic mass is 9.94. The van der Waals surface area contributed by atoms with Gasteiger partial charge in [0.25, 0.3) is 0 Å². The van der Waals surface area contributed by atoms with Gasteiger partial charge in [-0.2, -0.15) is 0 Å². The van der Waals surface area contributed by atoms with Gasteiger partial charge in [0.1, 0.15) is 0 Å². The summed E-state index contributed by atoms with van der Waals surface area (Å²) >= 11 is 0. The molecule has 1 fully saturated rings. The predicted molar refractivity (Wildman–Crippen MR) is 67.7 cm³/mol. The Bertz CT molecular complexity index is 521. The Kier molecular flexibility index (Phi) is 2.79. The summed E-state index contributed by atoms with van der Waals surface area (Å²) in [6.07, 6.45) is 2.85. The third-order valence-corrected chi connectivity index (χ3v) is 3.47. The van der Waals surface area contributed by atoms with Crippen molar-refractivity contribution in [3.63, 3.8) is 0 Å². The molecule has 3 rings (SSSR count). The Morgan fingerprint density at radius 2 is 2.12 bits per heavy atom. The molecule has 0 radical (unpaired) electrons. The van der Waals surface area contributed by atoms with Crippen LogP contribution in [0.5, 0.6) is 0 Å². The number of hydrogen-bond acceptors (Lipinski definition) is 3. The van der Waals surface area contributed by atoms with Crippen LogP contribution in [0.15, 0.2) is 36.5 Å². The molecule has 3 heteroatoms. The highest BCUT2D eigenvalue weighted by atomic mass is 16.5. The first kappa shape index (κ1) is 10.7. The van der Waals surface area contributed by atoms with Crippen molar-refractivity contribution in [2.45, 2.75) is 12.5 Å². The van der Waals surface area contributed by atoms with Gasteiger partial charge in [-0.15, -0.1) is 0 Å². The fourth-order valence-electron chi connectivity index (χ4n) is 2.44. The fourth-order valence-corrected chi connectivity index (χ4v) is 2.44. The minimum Gasteiger partial charge on any atom is -0.379 e. The molecule has 0 amide bonds. The molecule has 1 aromatic carbocycles. The van der Waals surface area contributed by atoms with Crippen LogP contribution in [0.1, 0.15) is 5.56 Å². The van der Waals surface area contributed by atoms with Crippen LogP contribution in [0.3, 0.4) is 0 Å². The van der Waals surface area contributed by atoms with Crippen LogP contribution in [0.4, 0.5) is 0 Å². The number of para-hydroxylation sites is 1. The average molecular weight is 228 g/mol. The van der Waals surface area contributed by atoms with E-state index in [1.165, 1.54) is 10.9 Å². The zero-order valence-electron chi connectivity index (χ0n) is 9.67. The first-order chi connectivity index (χ1) is 8.34. The molecule has 0 bridgehead atoms. The average Bonchev–Trinajstić information content (AvgIpc) is 2.76. The summed E-state index contributed by atoms with van der Waals surface area (Å²) in [4.78, 5) is 4.37. The Morgan fingerprint density at radius 1 is 1.24 bits per heavy atom. The molecule has 1 aliphatic heterocycles. The molecule has 0 unspecified atom stereocenters. The van der Waals surface area contributed by atoms with E-state index in [2.05, 4.69) is 23.2 Å². The van der Waals surface area contributed by atoms with Crippen molar-refractivity contribution in [2.75, 3.05) is 13.2 Å². The smallest absolute Gasteiger partial charge is 0.0704 e. The topological polar surface area (TPSA) is 48.1 Å². The molecule has 88 valence electrons. The normalized spacial score (nSPS) is 24.3. The van der Waals surface area contributed by atoms with E-state index in [1.54, 1.807) is 0 Å². The minimum absolute atomic E-state index is 0.168. The molecule has 0 saturated carbocycles. The molecule has 2 heterocycles. The van der Waals surface area contributed by atoms with Crippen molar-refractivity contribution in [1.82, 2.24) is 4.98 Å². The van der Waals surface area contributed by atoms with E-state index in [9.17, 15) is 0 Å². The Morgan fingerprint density at radius 3 is 2.94 bits per heavy atom. The molecule has 0 aliphatic carbocycles. The number of rotatable bonds is 2. The SMILES string of the molecule is N[C@H]1COC[C@H]1Cc1ccnc2ccccc12. The molecule has 1 aromatic heterocycles. The fraction of sp³-hybridized carbons (Fsp3) is 0.357. The maximum absolute atomic E-state index is 6.03. The van der Waals surface area contributed by atoms with Crippen molar-refractivity contribution in [2.24, 2.45) is 11.7 Å². The van der Waals surface area contributed by atoms with Crippen molar-refractivity contribution < 1.29 is 4.74 Å². The molecule has 2 N–H and O–H groups in total. The van der Waals surface area contributed by atoms with Gasteiger partial charge < -0.3 is 10.5 Å². The van der Waals surface area contributed by atoms with Crippen molar-refractivity contribution in [3.05, 3.63) is 42.1 Å². The van der Waals surface area contributed by atoms with E-state index < -0.39 is 0 Å². The molecule has 17 heavy (non-hydrogen) atoms. The third-order valence-electron chi connectivity index (χ3n) is 3.47. The maximum Gasteiger partial charge on any atom is 0.0704 e. The van der Waals surface area contributed by atoms with Crippen LogP contribution in [-0.4, -0.2) is 24.2 Å². The van der Waals surface area contributed by atoms with Gasteiger partial charge in [0, 0.05) is 23.5 Å². The standard InChI is InChI=1S/C14H16N2O/c15-13-9-17-8-11(13)7-10-5-6-16-14-4-2-1-3-12(10)14/h1-6,11,13H,7-9,15H2/t11-,13+/m1/s1. The number of fused-ring (bicyclic) bond motifs is 1. The molecule has 1 aliphatic rings. The van der Waals surface area contributed by atoms with Crippen molar-refractivity contribution in [1.29, 1.82) is 0 Å². The molecule has 2 aromatic rings. The van der Waals surface area contributed by atoms with E-state index in [0.717, 1.165) is 18.5 Å². The van der Waals surface area contributed by atoms with E-state index in [0.29, 0.717) is 12.5 Å². The van der Waals surface area contributed by atoms with Gasteiger partial charge in [0.05, 0.1) is 18.7 Å². The van der Waals surface area contributed by atoms with Gasteiger partial charge in [0.15, 0.2) is 0 Å². The molecule has 3 nitrogen and oxygen atoms in total. The lowest BCUT2D eigenvalue weighted by Gasteiger charge is -2.14. The minimum atomic E-state index is 0.168. The van der Waals surface area contributed by atoms with Gasteiger partial charge in [-0.1, -0.05) is 18.2 Å². The second kappa shape index (κ2) is 4.43. The largest absolute Gasteiger partial charge is 0.379 e. The lowest BCUT2D eigenvalue weighted by Crippen LogP contribution is -2.29. The van der Waals surface area contributed by atoms with E-state index in [4.69, 9.17) is 10.5 Å². The van der Waals surface area contributed by atoms with Crippen LogP contribution in [0.25, 0.3) is 10.9 Å². The van der Waals surface area contributed by atoms with E-state index in [-0.39, 0.29) is 6.04 Å². The zero-order chi connectivity index (χ0) is 11.7. The van der Waals surface area contributed by atoms with Crippen LogP contribution in [0.2, 0.25) is 0 Å². The second-order valence-corrected chi connectivity index (χ2v) is 4.65. The first-order valence-corrected chi connectivity index (χ1v) is 6.00. The Hall–Kier alpha value is -1.45. The van der Waals surface area contributed by atoms with Crippen LogP contribution >= 0.6 is 0 Å². The molecule has 1 saturated heterocycles. The molecular formula is C14H16N2O. The Balaban J connectivity index is 1.94. The highest BCUT2D eigenvalue weighted by molar-refractivity contribution is 5.81. The van der Waals surface area contributed by atoms with Crippen LogP contribution in [-0.2, 0) is 11.2 Å². The lowest BCUT2D eigenvalue weighted by molar-refractivity contribution is 0.184. The summed E-state index contributed by atoms with van der Waals surface area (Å²) in [6, 6.07) is 10.5. The van der Waals surface area contributed by atoms with Gasteiger partial charge in [-0.25, -0.2) is 0 Å². The first-order valence-electron chi connectivity index (χ1n) is 6.00. The number of pyridine rings is 1. The van der Waals surface area contributed by atoms with E-state index >= 15 is 0 Å². The zero-order valence-corrected chi connectivity index (χ0v) is 9.67. The quantitative estimate of drug-likeness (QED) is 0.852. The summed E-state index contributed by atoms with van der Waals surface area (Å²) in [6.45, 7) is 1.46. The number of hydrogen-bond donors (Lipinski definition) is 1. The number of ether oxygens (including phenoxy) is 1. The van der Waals surface area contributed by atoms with Gasteiger partial charge in [0.2, 0.25) is 0 Å². The Labute approximate surface area is 101 Å². The van der Waals surface area contributed by atoms with Gasteiger partial charge in [-0.3, -0.25) is 4.98 Å². The predicted octanol–water partition coefficient (Wildman–Crippen LogP) is 1.75. The molecule has 2 atom stereocenters. The number of benzene rings is 1. The summed E-state index contributed by atoms with van der Waals surface area (Å²) in [5, 5.41) is 1.23. The monoisotopic (exact) mass is 228 g/mol.